The molecule has 1 saturated heterocycles. The van der Waals surface area contributed by atoms with Gasteiger partial charge < -0.3 is 15.7 Å². The second-order valence-electron chi connectivity index (χ2n) is 7.37. The number of piperazine rings is 1. The molecule has 1 amide bonds. The number of carbonyl (C=O) groups is 1. The molecule has 5 nitrogen and oxygen atoms in total. The number of fused-ring (bicyclic) bond motifs is 1. The molecule has 2 aliphatic rings. The van der Waals surface area contributed by atoms with Crippen molar-refractivity contribution in [3.63, 3.8) is 0 Å². The maximum atomic E-state index is 13.7. The van der Waals surface area contributed by atoms with Crippen LogP contribution in [0, 0.1) is 0 Å². The van der Waals surface area contributed by atoms with Crippen molar-refractivity contribution in [1.82, 2.24) is 15.5 Å². The zero-order chi connectivity index (χ0) is 18.7. The molecule has 2 aromatic carbocycles. The van der Waals surface area contributed by atoms with Crippen LogP contribution >= 0.6 is 0 Å². The molecule has 1 fully saturated rings. The van der Waals surface area contributed by atoms with Gasteiger partial charge in [0.25, 0.3) is 0 Å². The monoisotopic (exact) mass is 365 g/mol. The van der Waals surface area contributed by atoms with Gasteiger partial charge in [-0.25, -0.2) is 0 Å². The number of nitrogens with zero attached hydrogens (tertiary/aromatic N) is 1. The summed E-state index contributed by atoms with van der Waals surface area (Å²) in [6, 6.07) is 17.6. The van der Waals surface area contributed by atoms with Gasteiger partial charge in [-0.15, -0.1) is 0 Å². The zero-order valence-electron chi connectivity index (χ0n) is 15.5. The standard InChI is InChI=1S/C22H27N3O2/c26-16-20(18-7-2-1-3-8-18)24-21(27)22(25-14-12-23-13-15-25)11-10-17-6-4-5-9-19(17)22/h1-9,20,23,26H,10-16H2,(H,24,27)/t20-,22?/m1/s1. The van der Waals surface area contributed by atoms with E-state index in [0.717, 1.165) is 50.1 Å². The van der Waals surface area contributed by atoms with Crippen molar-refractivity contribution in [3.05, 3.63) is 71.3 Å². The Bertz CT molecular complexity index is 789. The van der Waals surface area contributed by atoms with Crippen LogP contribution in [0.3, 0.4) is 0 Å². The van der Waals surface area contributed by atoms with Crippen LogP contribution < -0.4 is 10.6 Å². The molecule has 0 spiro atoms. The first-order chi connectivity index (χ1) is 13.3. The first kappa shape index (κ1) is 18.2. The highest BCUT2D eigenvalue weighted by molar-refractivity contribution is 5.89. The molecule has 0 bridgehead atoms. The summed E-state index contributed by atoms with van der Waals surface area (Å²) in [5, 5.41) is 16.5. The summed E-state index contributed by atoms with van der Waals surface area (Å²) in [6.07, 6.45) is 1.69. The van der Waals surface area contributed by atoms with Gasteiger partial charge in [0, 0.05) is 26.2 Å². The number of rotatable bonds is 5. The van der Waals surface area contributed by atoms with Gasteiger partial charge in [-0.3, -0.25) is 9.69 Å². The number of carbonyl (C=O) groups excluding carboxylic acids is 1. The van der Waals surface area contributed by atoms with Crippen molar-refractivity contribution in [1.29, 1.82) is 0 Å². The zero-order valence-corrected chi connectivity index (χ0v) is 15.5. The Morgan fingerprint density at radius 3 is 2.56 bits per heavy atom. The molecule has 1 aliphatic heterocycles. The van der Waals surface area contributed by atoms with E-state index in [1.807, 2.05) is 42.5 Å². The largest absolute Gasteiger partial charge is 0.394 e. The molecule has 0 radical (unpaired) electrons. The Kier molecular flexibility index (Phi) is 5.25. The van der Waals surface area contributed by atoms with E-state index < -0.39 is 11.6 Å². The summed E-state index contributed by atoms with van der Waals surface area (Å²) in [6.45, 7) is 3.35. The minimum Gasteiger partial charge on any atom is -0.394 e. The number of nitrogens with one attached hydrogen (secondary N) is 2. The normalized spacial score (nSPS) is 23.6. The molecule has 27 heavy (non-hydrogen) atoms. The van der Waals surface area contributed by atoms with Gasteiger partial charge in [0.05, 0.1) is 12.6 Å². The SMILES string of the molecule is O=C(N[C@H](CO)c1ccccc1)C1(N2CCNCC2)CCc2ccccc21. The lowest BCUT2D eigenvalue weighted by Crippen LogP contribution is -2.60. The highest BCUT2D eigenvalue weighted by Gasteiger charge is 2.50. The van der Waals surface area contributed by atoms with Crippen LogP contribution in [-0.4, -0.2) is 48.7 Å². The quantitative estimate of drug-likeness (QED) is 0.753. The number of amides is 1. The molecule has 0 aromatic heterocycles. The summed E-state index contributed by atoms with van der Waals surface area (Å²) in [4.78, 5) is 16.0. The number of aryl methyl sites for hydroxylation is 1. The van der Waals surface area contributed by atoms with E-state index in [9.17, 15) is 9.90 Å². The Hall–Kier alpha value is -2.21. The van der Waals surface area contributed by atoms with Gasteiger partial charge in [-0.05, 0) is 29.5 Å². The summed E-state index contributed by atoms with van der Waals surface area (Å²) in [7, 11) is 0. The third kappa shape index (κ3) is 3.27. The maximum Gasteiger partial charge on any atom is 0.245 e. The van der Waals surface area contributed by atoms with Gasteiger partial charge in [0.2, 0.25) is 5.91 Å². The summed E-state index contributed by atoms with van der Waals surface area (Å²) >= 11 is 0. The average Bonchev–Trinajstić information content (AvgIpc) is 3.14. The van der Waals surface area contributed by atoms with Gasteiger partial charge >= 0.3 is 0 Å². The molecule has 3 N–H and O–H groups in total. The van der Waals surface area contributed by atoms with Crippen molar-refractivity contribution in [2.75, 3.05) is 32.8 Å². The fourth-order valence-corrected chi connectivity index (χ4v) is 4.54. The number of benzene rings is 2. The van der Waals surface area contributed by atoms with Crippen LogP contribution in [0.4, 0.5) is 0 Å². The Morgan fingerprint density at radius 2 is 1.81 bits per heavy atom. The Balaban J connectivity index is 1.68. The second kappa shape index (κ2) is 7.80. The number of hydrogen-bond acceptors (Lipinski definition) is 4. The van der Waals surface area contributed by atoms with E-state index in [1.54, 1.807) is 0 Å². The summed E-state index contributed by atoms with van der Waals surface area (Å²) in [5.41, 5.74) is 2.65. The predicted molar refractivity (Wildman–Crippen MR) is 105 cm³/mol. The molecule has 4 rings (SSSR count). The molecule has 2 atom stereocenters. The van der Waals surface area contributed by atoms with Crippen LogP contribution in [0.5, 0.6) is 0 Å². The Morgan fingerprint density at radius 1 is 1.11 bits per heavy atom. The lowest BCUT2D eigenvalue weighted by Gasteiger charge is -2.43. The van der Waals surface area contributed by atoms with Gasteiger partial charge in [0.1, 0.15) is 5.54 Å². The minimum atomic E-state index is -0.652. The maximum absolute atomic E-state index is 13.7. The molecule has 142 valence electrons. The van der Waals surface area contributed by atoms with Crippen molar-refractivity contribution in [2.24, 2.45) is 0 Å². The van der Waals surface area contributed by atoms with Gasteiger partial charge in [0.15, 0.2) is 0 Å². The second-order valence-corrected chi connectivity index (χ2v) is 7.37. The Labute approximate surface area is 160 Å². The highest BCUT2D eigenvalue weighted by Crippen LogP contribution is 2.42. The van der Waals surface area contributed by atoms with Crippen LogP contribution in [0.2, 0.25) is 0 Å². The fourth-order valence-electron chi connectivity index (χ4n) is 4.54. The molecule has 0 saturated carbocycles. The number of hydrogen-bond donors (Lipinski definition) is 3. The fraction of sp³-hybridized carbons (Fsp3) is 0.409. The summed E-state index contributed by atoms with van der Waals surface area (Å²) < 4.78 is 0. The first-order valence-corrected chi connectivity index (χ1v) is 9.76. The molecule has 1 heterocycles. The smallest absolute Gasteiger partial charge is 0.245 e. The number of aliphatic hydroxyl groups is 1. The molecular weight excluding hydrogens is 338 g/mol. The average molecular weight is 365 g/mol. The molecule has 5 heteroatoms. The topological polar surface area (TPSA) is 64.6 Å². The van der Waals surface area contributed by atoms with Crippen molar-refractivity contribution in [3.8, 4) is 0 Å². The van der Waals surface area contributed by atoms with E-state index in [4.69, 9.17) is 0 Å². The lowest BCUT2D eigenvalue weighted by molar-refractivity contribution is -0.136. The van der Waals surface area contributed by atoms with E-state index in [-0.39, 0.29) is 12.5 Å². The summed E-state index contributed by atoms with van der Waals surface area (Å²) in [5.74, 6) is -0.00254. The highest BCUT2D eigenvalue weighted by atomic mass is 16.3. The molecule has 2 aromatic rings. The van der Waals surface area contributed by atoms with Crippen LogP contribution in [0.15, 0.2) is 54.6 Å². The van der Waals surface area contributed by atoms with E-state index >= 15 is 0 Å². The van der Waals surface area contributed by atoms with E-state index in [2.05, 4.69) is 27.7 Å². The minimum absolute atomic E-state index is 0.00254. The van der Waals surface area contributed by atoms with Crippen LogP contribution in [-0.2, 0) is 16.8 Å². The van der Waals surface area contributed by atoms with Crippen molar-refractivity contribution < 1.29 is 9.90 Å². The van der Waals surface area contributed by atoms with Crippen LogP contribution in [0.25, 0.3) is 0 Å². The first-order valence-electron chi connectivity index (χ1n) is 9.76. The van der Waals surface area contributed by atoms with E-state index in [0.29, 0.717) is 0 Å². The van der Waals surface area contributed by atoms with Crippen molar-refractivity contribution >= 4 is 5.91 Å². The van der Waals surface area contributed by atoms with E-state index in [1.165, 1.54) is 5.56 Å². The van der Waals surface area contributed by atoms with Gasteiger partial charge in [-0.1, -0.05) is 54.6 Å². The van der Waals surface area contributed by atoms with Crippen molar-refractivity contribution in [2.45, 2.75) is 24.4 Å². The molecular formula is C22H27N3O2. The van der Waals surface area contributed by atoms with Crippen LogP contribution in [0.1, 0.15) is 29.2 Å². The third-order valence-electron chi connectivity index (χ3n) is 5.94. The molecule has 1 aliphatic carbocycles. The predicted octanol–water partition coefficient (Wildman–Crippen LogP) is 1.58. The molecule has 1 unspecified atom stereocenters. The lowest BCUT2D eigenvalue weighted by atomic mass is 9.87. The van der Waals surface area contributed by atoms with Gasteiger partial charge in [-0.2, -0.15) is 0 Å². The third-order valence-corrected chi connectivity index (χ3v) is 5.94. The number of aliphatic hydroxyl groups excluding tert-OH is 1.